The van der Waals surface area contributed by atoms with Gasteiger partial charge in [0.2, 0.25) is 5.91 Å². The zero-order valence-corrected chi connectivity index (χ0v) is 14.9. The molecule has 0 spiro atoms. The van der Waals surface area contributed by atoms with Gasteiger partial charge in [-0.3, -0.25) is 9.59 Å². The number of amides is 1. The standard InChI is InChI=1S/C17H15Cl2NO2S/c1-10(21)12-4-3-5-14(8-12)20-17(22)11(2)23-16-9-13(18)6-7-15(16)19/h3-9,11H,1-2H3,(H,20,22). The number of ketones is 1. The number of carbonyl (C=O) groups excluding carboxylic acids is 2. The lowest BCUT2D eigenvalue weighted by Gasteiger charge is -2.13. The van der Waals surface area contributed by atoms with Crippen molar-refractivity contribution in [2.24, 2.45) is 0 Å². The number of benzene rings is 2. The molecule has 120 valence electrons. The number of thioether (sulfide) groups is 1. The van der Waals surface area contributed by atoms with Crippen LogP contribution in [0.15, 0.2) is 47.4 Å². The van der Waals surface area contributed by atoms with Gasteiger partial charge in [0, 0.05) is 21.2 Å². The molecule has 0 aliphatic rings. The molecular formula is C17H15Cl2NO2S. The largest absolute Gasteiger partial charge is 0.325 e. The topological polar surface area (TPSA) is 46.2 Å². The van der Waals surface area contributed by atoms with Crippen molar-refractivity contribution in [3.63, 3.8) is 0 Å². The van der Waals surface area contributed by atoms with Gasteiger partial charge in [-0.05, 0) is 44.2 Å². The van der Waals surface area contributed by atoms with Crippen LogP contribution in [0, 0.1) is 0 Å². The van der Waals surface area contributed by atoms with Gasteiger partial charge in [-0.1, -0.05) is 35.3 Å². The Morgan fingerprint density at radius 1 is 1.13 bits per heavy atom. The van der Waals surface area contributed by atoms with Gasteiger partial charge in [-0.25, -0.2) is 0 Å². The molecule has 0 saturated carbocycles. The molecule has 1 amide bonds. The van der Waals surface area contributed by atoms with E-state index in [1.54, 1.807) is 49.4 Å². The van der Waals surface area contributed by atoms with Crippen LogP contribution in [0.1, 0.15) is 24.2 Å². The Balaban J connectivity index is 2.07. The van der Waals surface area contributed by atoms with E-state index in [1.165, 1.54) is 18.7 Å². The molecule has 0 aromatic heterocycles. The third kappa shape index (κ3) is 4.99. The lowest BCUT2D eigenvalue weighted by atomic mass is 10.1. The molecule has 0 heterocycles. The number of rotatable bonds is 5. The van der Waals surface area contributed by atoms with Crippen molar-refractivity contribution in [1.29, 1.82) is 0 Å². The number of carbonyl (C=O) groups is 2. The minimum atomic E-state index is -0.369. The molecule has 6 heteroatoms. The summed E-state index contributed by atoms with van der Waals surface area (Å²) >= 11 is 13.4. The van der Waals surface area contributed by atoms with Crippen molar-refractivity contribution < 1.29 is 9.59 Å². The summed E-state index contributed by atoms with van der Waals surface area (Å²) in [7, 11) is 0. The smallest absolute Gasteiger partial charge is 0.237 e. The first-order valence-electron chi connectivity index (χ1n) is 6.90. The van der Waals surface area contributed by atoms with Crippen molar-refractivity contribution in [3.05, 3.63) is 58.1 Å². The Labute approximate surface area is 149 Å². The molecule has 0 aliphatic heterocycles. The van der Waals surface area contributed by atoms with Crippen molar-refractivity contribution in [2.75, 3.05) is 5.32 Å². The van der Waals surface area contributed by atoms with E-state index in [-0.39, 0.29) is 16.9 Å². The van der Waals surface area contributed by atoms with Gasteiger partial charge in [0.25, 0.3) is 0 Å². The van der Waals surface area contributed by atoms with Gasteiger partial charge >= 0.3 is 0 Å². The molecule has 0 fully saturated rings. The summed E-state index contributed by atoms with van der Waals surface area (Å²) in [6.07, 6.45) is 0. The van der Waals surface area contributed by atoms with Crippen LogP contribution in [0.5, 0.6) is 0 Å². The Bertz CT molecular complexity index is 749. The van der Waals surface area contributed by atoms with Crippen molar-refractivity contribution >= 4 is 52.3 Å². The summed E-state index contributed by atoms with van der Waals surface area (Å²) in [6.45, 7) is 3.27. The van der Waals surface area contributed by atoms with Crippen LogP contribution in [0.2, 0.25) is 10.0 Å². The third-order valence-electron chi connectivity index (χ3n) is 3.10. The maximum absolute atomic E-state index is 12.3. The molecule has 0 saturated heterocycles. The highest BCUT2D eigenvalue weighted by Gasteiger charge is 2.16. The fourth-order valence-corrected chi connectivity index (χ4v) is 3.28. The highest BCUT2D eigenvalue weighted by molar-refractivity contribution is 8.00. The van der Waals surface area contributed by atoms with Crippen LogP contribution in [-0.2, 0) is 4.79 Å². The van der Waals surface area contributed by atoms with Gasteiger partial charge in [0.05, 0.1) is 10.3 Å². The average molecular weight is 368 g/mol. The molecule has 2 rings (SSSR count). The highest BCUT2D eigenvalue weighted by Crippen LogP contribution is 2.33. The average Bonchev–Trinajstić information content (AvgIpc) is 2.51. The van der Waals surface area contributed by atoms with Crippen LogP contribution >= 0.6 is 35.0 Å². The Morgan fingerprint density at radius 3 is 2.57 bits per heavy atom. The molecule has 1 unspecified atom stereocenters. The van der Waals surface area contributed by atoms with E-state index in [2.05, 4.69) is 5.32 Å². The lowest BCUT2D eigenvalue weighted by Crippen LogP contribution is -2.22. The van der Waals surface area contributed by atoms with Crippen LogP contribution in [0.4, 0.5) is 5.69 Å². The molecule has 0 bridgehead atoms. The van der Waals surface area contributed by atoms with Crippen LogP contribution in [0.3, 0.4) is 0 Å². The molecule has 1 N–H and O–H groups in total. The highest BCUT2D eigenvalue weighted by atomic mass is 35.5. The van der Waals surface area contributed by atoms with Gasteiger partial charge < -0.3 is 5.32 Å². The maximum Gasteiger partial charge on any atom is 0.237 e. The number of hydrogen-bond acceptors (Lipinski definition) is 3. The number of halogens is 2. The third-order valence-corrected chi connectivity index (χ3v) is 4.94. The van der Waals surface area contributed by atoms with Gasteiger partial charge in [0.1, 0.15) is 0 Å². The van der Waals surface area contributed by atoms with Gasteiger partial charge in [-0.2, -0.15) is 0 Å². The SMILES string of the molecule is CC(=O)c1cccc(NC(=O)C(C)Sc2cc(Cl)ccc2Cl)c1. The Morgan fingerprint density at radius 2 is 1.87 bits per heavy atom. The van der Waals surface area contributed by atoms with E-state index in [4.69, 9.17) is 23.2 Å². The molecule has 0 radical (unpaired) electrons. The van der Waals surface area contributed by atoms with E-state index in [1.807, 2.05) is 0 Å². The van der Waals surface area contributed by atoms with E-state index in [0.717, 1.165) is 4.90 Å². The van der Waals surface area contributed by atoms with Crippen LogP contribution in [-0.4, -0.2) is 16.9 Å². The Kier molecular flexibility index (Phi) is 6.10. The molecular weight excluding hydrogens is 353 g/mol. The summed E-state index contributed by atoms with van der Waals surface area (Å²) in [5.41, 5.74) is 1.15. The predicted octanol–water partition coefficient (Wildman–Crippen LogP) is 5.32. The van der Waals surface area contributed by atoms with Crippen molar-refractivity contribution in [3.8, 4) is 0 Å². The number of nitrogens with one attached hydrogen (secondary N) is 1. The summed E-state index contributed by atoms with van der Waals surface area (Å²) < 4.78 is 0. The molecule has 0 aliphatic carbocycles. The lowest BCUT2D eigenvalue weighted by molar-refractivity contribution is -0.115. The molecule has 23 heavy (non-hydrogen) atoms. The van der Waals surface area contributed by atoms with E-state index < -0.39 is 0 Å². The van der Waals surface area contributed by atoms with Crippen molar-refractivity contribution in [2.45, 2.75) is 24.0 Å². The van der Waals surface area contributed by atoms with Gasteiger partial charge in [-0.15, -0.1) is 11.8 Å². The molecule has 2 aromatic carbocycles. The van der Waals surface area contributed by atoms with Crippen LogP contribution < -0.4 is 5.32 Å². The van der Waals surface area contributed by atoms with E-state index in [9.17, 15) is 9.59 Å². The number of anilines is 1. The van der Waals surface area contributed by atoms with Crippen LogP contribution in [0.25, 0.3) is 0 Å². The summed E-state index contributed by atoms with van der Waals surface area (Å²) in [6, 6.07) is 12.0. The summed E-state index contributed by atoms with van der Waals surface area (Å²) in [5.74, 6) is -0.221. The first-order valence-corrected chi connectivity index (χ1v) is 8.54. The fraction of sp³-hybridized carbons (Fsp3) is 0.176. The van der Waals surface area contributed by atoms with Gasteiger partial charge in [0.15, 0.2) is 5.78 Å². The normalized spacial score (nSPS) is 11.8. The number of hydrogen-bond donors (Lipinski definition) is 1. The minimum absolute atomic E-state index is 0.0470. The minimum Gasteiger partial charge on any atom is -0.325 e. The zero-order valence-electron chi connectivity index (χ0n) is 12.6. The first kappa shape index (κ1) is 17.9. The predicted molar refractivity (Wildman–Crippen MR) is 96.9 cm³/mol. The summed E-state index contributed by atoms with van der Waals surface area (Å²) in [5, 5.41) is 3.56. The number of Topliss-reactive ketones (excluding diaryl/α,β-unsaturated/α-hetero) is 1. The van der Waals surface area contributed by atoms with Crippen molar-refractivity contribution in [1.82, 2.24) is 0 Å². The molecule has 2 aromatic rings. The first-order chi connectivity index (χ1) is 10.9. The zero-order chi connectivity index (χ0) is 17.0. The summed E-state index contributed by atoms with van der Waals surface area (Å²) in [4.78, 5) is 24.4. The molecule has 1 atom stereocenters. The Hall–Kier alpha value is -1.49. The fourth-order valence-electron chi connectivity index (χ4n) is 1.87. The quantitative estimate of drug-likeness (QED) is 0.574. The second-order valence-corrected chi connectivity index (χ2v) is 7.19. The van der Waals surface area contributed by atoms with E-state index >= 15 is 0 Å². The maximum atomic E-state index is 12.3. The monoisotopic (exact) mass is 367 g/mol. The van der Waals surface area contributed by atoms with E-state index in [0.29, 0.717) is 21.3 Å². The second kappa shape index (κ2) is 7.86. The molecule has 3 nitrogen and oxygen atoms in total. The second-order valence-electron chi connectivity index (χ2n) is 4.96.